The van der Waals surface area contributed by atoms with Gasteiger partial charge in [0.15, 0.2) is 0 Å². The first-order valence-corrected chi connectivity index (χ1v) is 8.53. The van der Waals surface area contributed by atoms with Crippen LogP contribution in [0.15, 0.2) is 24.3 Å². The van der Waals surface area contributed by atoms with Crippen molar-refractivity contribution in [3.8, 4) is 0 Å². The maximum absolute atomic E-state index is 11.2. The van der Waals surface area contributed by atoms with Gasteiger partial charge in [-0.3, -0.25) is 0 Å². The van der Waals surface area contributed by atoms with Crippen molar-refractivity contribution in [3.63, 3.8) is 0 Å². The van der Waals surface area contributed by atoms with Crippen LogP contribution in [-0.2, 0) is 3.08 Å². The Morgan fingerprint density at radius 1 is 1.20 bits per heavy atom. The molecule has 0 aromatic carbocycles. The number of hydrogen-bond donors (Lipinski definition) is 0. The van der Waals surface area contributed by atoms with Crippen molar-refractivity contribution in [1.82, 2.24) is 0 Å². The van der Waals surface area contributed by atoms with Crippen LogP contribution in [0.4, 0.5) is 0 Å². The van der Waals surface area contributed by atoms with E-state index in [9.17, 15) is 3.08 Å². The minimum absolute atomic E-state index is 0.773. The Kier molecular flexibility index (Phi) is 4.87. The molecule has 0 amide bonds. The summed E-state index contributed by atoms with van der Waals surface area (Å²) < 4.78 is 12.8. The first-order chi connectivity index (χ1) is 4.52. The molecule has 0 atom stereocenters. The molecule has 0 heterocycles. The van der Waals surface area contributed by atoms with Crippen LogP contribution in [0.3, 0.4) is 0 Å². The third-order valence-electron chi connectivity index (χ3n) is 0.998. The summed E-state index contributed by atoms with van der Waals surface area (Å²) in [5, 5.41) is 0. The van der Waals surface area contributed by atoms with E-state index in [0.717, 1.165) is 20.0 Å². The van der Waals surface area contributed by atoms with Gasteiger partial charge in [0.25, 0.3) is 0 Å². The Labute approximate surface area is 69.9 Å². The summed E-state index contributed by atoms with van der Waals surface area (Å²) in [4.78, 5) is 0. The number of allylic oxidation sites excluding steroid dienone is 2. The molecular weight excluding hydrogens is 231 g/mol. The Hall–Kier alpha value is 0.0787. The molecule has 0 aromatic rings. The van der Waals surface area contributed by atoms with Gasteiger partial charge in [0.2, 0.25) is 0 Å². The van der Waals surface area contributed by atoms with Crippen LogP contribution in [0.1, 0.15) is 13.8 Å². The van der Waals surface area contributed by atoms with Crippen molar-refractivity contribution in [2.75, 3.05) is 0 Å². The summed E-state index contributed by atoms with van der Waals surface area (Å²) >= 11 is -2.28. The van der Waals surface area contributed by atoms with E-state index in [1.54, 1.807) is 0 Å². The van der Waals surface area contributed by atoms with Crippen LogP contribution in [0.5, 0.6) is 0 Å². The molecule has 0 bridgehead atoms. The predicted octanol–water partition coefficient (Wildman–Crippen LogP) is 2.56. The summed E-state index contributed by atoms with van der Waals surface area (Å²) in [6.07, 6.45) is 0. The van der Waals surface area contributed by atoms with Gasteiger partial charge in [0.1, 0.15) is 0 Å². The van der Waals surface area contributed by atoms with Gasteiger partial charge < -0.3 is 0 Å². The molecule has 0 rings (SSSR count). The molecule has 0 N–H and O–H groups in total. The van der Waals surface area contributed by atoms with Gasteiger partial charge >= 0.3 is 69.8 Å². The molecule has 0 aromatic heterocycles. The molecule has 10 heavy (non-hydrogen) atoms. The quantitative estimate of drug-likeness (QED) is 0.549. The number of rotatable bonds is 4. The van der Waals surface area contributed by atoms with Crippen LogP contribution in [0.2, 0.25) is 8.87 Å². The topological polar surface area (TPSA) is 17.1 Å². The first-order valence-electron chi connectivity index (χ1n) is 3.33. The van der Waals surface area contributed by atoms with Gasteiger partial charge in [-0.1, -0.05) is 0 Å². The molecule has 0 aliphatic carbocycles. The number of hydrogen-bond acceptors (Lipinski definition) is 1. The maximum atomic E-state index is 11.2. The Morgan fingerprint density at radius 3 is 1.70 bits per heavy atom. The second-order valence-corrected chi connectivity index (χ2v) is 7.90. The zero-order valence-corrected chi connectivity index (χ0v) is 9.59. The Bertz CT molecular complexity index is 152. The molecule has 0 radical (unpaired) electrons. The molecule has 0 fully saturated rings. The third-order valence-corrected chi connectivity index (χ3v) is 6.69. The van der Waals surface area contributed by atoms with Crippen LogP contribution >= 0.6 is 0 Å². The molecular formula is C8H14OSn. The molecule has 0 aliphatic heterocycles. The Morgan fingerprint density at radius 2 is 1.50 bits per heavy atom. The SMILES string of the molecule is C=C(C)[CH2][Sn](=[O])[CH2]C(=C)C. The van der Waals surface area contributed by atoms with Crippen LogP contribution in [0, 0.1) is 0 Å². The monoisotopic (exact) mass is 246 g/mol. The molecule has 0 unspecified atom stereocenters. The van der Waals surface area contributed by atoms with Gasteiger partial charge in [-0.25, -0.2) is 0 Å². The summed E-state index contributed by atoms with van der Waals surface area (Å²) in [7, 11) is 0. The fraction of sp³-hybridized carbons (Fsp3) is 0.500. The van der Waals surface area contributed by atoms with E-state index in [0.29, 0.717) is 0 Å². The summed E-state index contributed by atoms with van der Waals surface area (Å²) in [6, 6.07) is 0. The average molecular weight is 245 g/mol. The zero-order valence-electron chi connectivity index (χ0n) is 6.74. The minimum atomic E-state index is -2.28. The van der Waals surface area contributed by atoms with Gasteiger partial charge in [-0.15, -0.1) is 0 Å². The van der Waals surface area contributed by atoms with E-state index in [-0.39, 0.29) is 0 Å². The average Bonchev–Trinajstić information content (AvgIpc) is 1.58. The normalized spacial score (nSPS) is 9.00. The fourth-order valence-electron chi connectivity index (χ4n) is 0.736. The van der Waals surface area contributed by atoms with Crippen LogP contribution in [0.25, 0.3) is 0 Å². The van der Waals surface area contributed by atoms with Crippen molar-refractivity contribution in [1.29, 1.82) is 0 Å². The van der Waals surface area contributed by atoms with Crippen LogP contribution < -0.4 is 0 Å². The van der Waals surface area contributed by atoms with Crippen molar-refractivity contribution < 1.29 is 3.08 Å². The summed E-state index contributed by atoms with van der Waals surface area (Å²) in [5.74, 6) is 0. The van der Waals surface area contributed by atoms with E-state index < -0.39 is 19.7 Å². The van der Waals surface area contributed by atoms with Crippen molar-refractivity contribution in [3.05, 3.63) is 24.3 Å². The van der Waals surface area contributed by atoms with E-state index in [1.807, 2.05) is 13.8 Å². The second kappa shape index (κ2) is 4.83. The zero-order chi connectivity index (χ0) is 8.15. The summed E-state index contributed by atoms with van der Waals surface area (Å²) in [5.41, 5.74) is 2.09. The summed E-state index contributed by atoms with van der Waals surface area (Å²) in [6.45, 7) is 11.3. The van der Waals surface area contributed by atoms with E-state index >= 15 is 0 Å². The Balaban J connectivity index is 3.65. The first kappa shape index (κ1) is 10.1. The van der Waals surface area contributed by atoms with E-state index in [2.05, 4.69) is 13.2 Å². The molecule has 56 valence electrons. The molecule has 0 aliphatic rings. The fourth-order valence-corrected chi connectivity index (χ4v) is 4.94. The van der Waals surface area contributed by atoms with Gasteiger partial charge in [-0.05, 0) is 0 Å². The molecule has 0 saturated carbocycles. The van der Waals surface area contributed by atoms with E-state index in [4.69, 9.17) is 0 Å². The standard InChI is InChI=1S/2C4H7.O.Sn/c2*1-4(2)3;;/h2*1-2H2,3H3;;. The molecule has 0 saturated heterocycles. The van der Waals surface area contributed by atoms with Gasteiger partial charge in [-0.2, -0.15) is 0 Å². The third kappa shape index (κ3) is 6.20. The van der Waals surface area contributed by atoms with Gasteiger partial charge in [0.05, 0.1) is 0 Å². The van der Waals surface area contributed by atoms with Crippen molar-refractivity contribution in [2.45, 2.75) is 22.7 Å². The molecule has 0 spiro atoms. The molecule has 2 heteroatoms. The second-order valence-electron chi connectivity index (χ2n) is 2.81. The van der Waals surface area contributed by atoms with Gasteiger partial charge in [0, 0.05) is 0 Å². The molecule has 1 nitrogen and oxygen atoms in total. The van der Waals surface area contributed by atoms with Crippen molar-refractivity contribution >= 4 is 19.7 Å². The predicted molar refractivity (Wildman–Crippen MR) is 45.7 cm³/mol. The van der Waals surface area contributed by atoms with E-state index in [1.165, 1.54) is 0 Å². The van der Waals surface area contributed by atoms with Crippen molar-refractivity contribution in [2.24, 2.45) is 0 Å². The van der Waals surface area contributed by atoms with Crippen LogP contribution in [-0.4, -0.2) is 19.7 Å².